The molecular formula is C19H26NO2PS. The van der Waals surface area contributed by atoms with Gasteiger partial charge in [-0.05, 0) is 45.2 Å². The van der Waals surface area contributed by atoms with Gasteiger partial charge < -0.3 is 9.12 Å². The number of hydrogen-bond donors (Lipinski definition) is 1. The van der Waals surface area contributed by atoms with Gasteiger partial charge in [-0.25, -0.2) is 0 Å². The molecule has 0 bridgehead atoms. The van der Waals surface area contributed by atoms with Gasteiger partial charge >= 0.3 is 0 Å². The summed E-state index contributed by atoms with van der Waals surface area (Å²) in [6.45, 7) is 9.39. The van der Waals surface area contributed by atoms with Crippen LogP contribution in [0.1, 0.15) is 37.9 Å². The summed E-state index contributed by atoms with van der Waals surface area (Å²) >= 11 is -1.20. The first-order chi connectivity index (χ1) is 11.1. The van der Waals surface area contributed by atoms with Gasteiger partial charge in [0.2, 0.25) is 0 Å². The summed E-state index contributed by atoms with van der Waals surface area (Å²) in [5.74, 6) is 0. The Hall–Kier alpha value is -1.06. The lowest BCUT2D eigenvalue weighted by atomic mass is 10.00. The van der Waals surface area contributed by atoms with Crippen molar-refractivity contribution in [3.05, 3.63) is 65.7 Å². The monoisotopic (exact) mass is 363 g/mol. The van der Waals surface area contributed by atoms with Crippen LogP contribution in [0.2, 0.25) is 0 Å². The van der Waals surface area contributed by atoms with Crippen LogP contribution in [-0.2, 0) is 15.9 Å². The molecule has 0 unspecified atom stereocenters. The molecule has 1 N–H and O–H groups in total. The maximum Gasteiger partial charge on any atom is 0.136 e. The van der Waals surface area contributed by atoms with Crippen molar-refractivity contribution >= 4 is 23.8 Å². The van der Waals surface area contributed by atoms with Crippen molar-refractivity contribution in [2.75, 3.05) is 13.3 Å². The van der Waals surface area contributed by atoms with E-state index in [1.54, 1.807) is 13.3 Å². The molecule has 0 saturated heterocycles. The van der Waals surface area contributed by atoms with E-state index in [4.69, 9.17) is 0 Å². The molecule has 2 atom stereocenters. The molecule has 5 heteroatoms. The van der Waals surface area contributed by atoms with Gasteiger partial charge in [0.05, 0.1) is 0 Å². The molecule has 2 aromatic carbocycles. The summed E-state index contributed by atoms with van der Waals surface area (Å²) < 4.78 is 27.7. The van der Waals surface area contributed by atoms with E-state index in [2.05, 4.69) is 4.72 Å². The van der Waals surface area contributed by atoms with Gasteiger partial charge in [0.1, 0.15) is 17.9 Å². The first-order valence-electron chi connectivity index (χ1n) is 7.97. The summed E-state index contributed by atoms with van der Waals surface area (Å²) in [7, 11) is -2.27. The van der Waals surface area contributed by atoms with Crippen molar-refractivity contribution in [1.29, 1.82) is 0 Å². The SMILES string of the molecule is CC(C)(C)[S@@+]([O-])N[C@@H](c1ccccc1)c1ccc(P(C)(C)=O)cc1. The number of nitrogens with one attached hydrogen (secondary N) is 1. The standard InChI is InChI=1S/C19H26NO2PS/c1-19(2,3)24(22)20-18(15-9-7-6-8-10-15)16-11-13-17(14-12-16)23(4,5)21/h6-14,18,20H,1-5H3/t18-,24+/m0/s1. The van der Waals surface area contributed by atoms with Crippen LogP contribution in [0.4, 0.5) is 0 Å². The van der Waals surface area contributed by atoms with Crippen molar-refractivity contribution in [1.82, 2.24) is 4.72 Å². The Labute approximate surface area is 148 Å². The zero-order chi connectivity index (χ0) is 18.0. The van der Waals surface area contributed by atoms with Crippen LogP contribution in [0.3, 0.4) is 0 Å². The molecule has 130 valence electrons. The summed E-state index contributed by atoms with van der Waals surface area (Å²) in [6.07, 6.45) is 0. The maximum absolute atomic E-state index is 12.6. The average molecular weight is 363 g/mol. The topological polar surface area (TPSA) is 52.2 Å². The van der Waals surface area contributed by atoms with Crippen molar-refractivity contribution in [3.8, 4) is 0 Å². The Kier molecular flexibility index (Phi) is 5.98. The highest BCUT2D eigenvalue weighted by atomic mass is 32.2. The maximum atomic E-state index is 12.6. The Balaban J connectivity index is 2.38. The lowest BCUT2D eigenvalue weighted by molar-refractivity contribution is 0.535. The molecule has 0 amide bonds. The minimum atomic E-state index is -2.27. The Bertz CT molecular complexity index is 704. The van der Waals surface area contributed by atoms with Crippen LogP contribution in [0.5, 0.6) is 0 Å². The lowest BCUT2D eigenvalue weighted by Gasteiger charge is -2.28. The molecule has 0 radical (unpaired) electrons. The normalized spacial score (nSPS) is 15.1. The molecule has 0 aliphatic carbocycles. The van der Waals surface area contributed by atoms with Crippen LogP contribution in [0, 0.1) is 0 Å². The predicted molar refractivity (Wildman–Crippen MR) is 105 cm³/mol. The molecule has 0 aliphatic rings. The second-order valence-corrected chi connectivity index (χ2v) is 12.5. The van der Waals surface area contributed by atoms with Gasteiger partial charge in [-0.15, -0.1) is 4.72 Å². The van der Waals surface area contributed by atoms with Gasteiger partial charge in [-0.1, -0.05) is 54.6 Å². The molecule has 2 rings (SSSR count). The van der Waals surface area contributed by atoms with Crippen molar-refractivity contribution in [3.63, 3.8) is 0 Å². The zero-order valence-corrected chi connectivity index (χ0v) is 16.7. The van der Waals surface area contributed by atoms with Gasteiger partial charge in [-0.3, -0.25) is 0 Å². The molecule has 0 aromatic heterocycles. The van der Waals surface area contributed by atoms with E-state index in [0.29, 0.717) is 0 Å². The van der Waals surface area contributed by atoms with Crippen molar-refractivity contribution in [2.24, 2.45) is 0 Å². The molecule has 0 fully saturated rings. The number of benzene rings is 2. The zero-order valence-electron chi connectivity index (χ0n) is 14.9. The third-order valence-electron chi connectivity index (χ3n) is 3.76. The highest BCUT2D eigenvalue weighted by Crippen LogP contribution is 2.35. The molecule has 2 aromatic rings. The molecule has 0 spiro atoms. The van der Waals surface area contributed by atoms with E-state index >= 15 is 0 Å². The Morgan fingerprint density at radius 1 is 0.958 bits per heavy atom. The van der Waals surface area contributed by atoms with E-state index in [9.17, 15) is 9.12 Å². The highest BCUT2D eigenvalue weighted by Gasteiger charge is 2.30. The van der Waals surface area contributed by atoms with Gasteiger partial charge in [0, 0.05) is 16.7 Å². The minimum absolute atomic E-state index is 0.173. The van der Waals surface area contributed by atoms with E-state index in [-0.39, 0.29) is 10.8 Å². The fourth-order valence-electron chi connectivity index (χ4n) is 2.28. The van der Waals surface area contributed by atoms with Crippen LogP contribution in [-0.4, -0.2) is 22.6 Å². The van der Waals surface area contributed by atoms with Crippen LogP contribution < -0.4 is 10.0 Å². The van der Waals surface area contributed by atoms with Gasteiger partial charge in [0.15, 0.2) is 0 Å². The van der Waals surface area contributed by atoms with Crippen LogP contribution in [0.25, 0.3) is 0 Å². The van der Waals surface area contributed by atoms with Crippen molar-refractivity contribution < 1.29 is 9.12 Å². The number of hydrogen-bond acceptors (Lipinski definition) is 3. The van der Waals surface area contributed by atoms with Gasteiger partial charge in [0.25, 0.3) is 0 Å². The smallest absolute Gasteiger partial charge is 0.136 e. The first-order valence-corrected chi connectivity index (χ1v) is 11.7. The molecular weight excluding hydrogens is 337 g/mol. The molecule has 24 heavy (non-hydrogen) atoms. The summed E-state index contributed by atoms with van der Waals surface area (Å²) in [6, 6.07) is 17.6. The average Bonchev–Trinajstić information content (AvgIpc) is 2.51. The second kappa shape index (κ2) is 7.45. The largest absolute Gasteiger partial charge is 0.598 e. The third-order valence-corrected chi connectivity index (χ3v) is 6.87. The van der Waals surface area contributed by atoms with E-state index in [1.807, 2.05) is 75.4 Å². The van der Waals surface area contributed by atoms with Crippen molar-refractivity contribution in [2.45, 2.75) is 31.6 Å². The summed E-state index contributed by atoms with van der Waals surface area (Å²) in [4.78, 5) is 0. The molecule has 3 nitrogen and oxygen atoms in total. The Morgan fingerprint density at radius 2 is 1.46 bits per heavy atom. The summed E-state index contributed by atoms with van der Waals surface area (Å²) in [5, 5.41) is 0.856. The quantitative estimate of drug-likeness (QED) is 0.643. The molecule has 0 aliphatic heterocycles. The fraction of sp³-hybridized carbons (Fsp3) is 0.368. The van der Waals surface area contributed by atoms with Crippen LogP contribution in [0.15, 0.2) is 54.6 Å². The highest BCUT2D eigenvalue weighted by molar-refractivity contribution is 7.90. The van der Waals surface area contributed by atoms with Gasteiger partial charge in [-0.2, -0.15) is 0 Å². The Morgan fingerprint density at radius 3 is 1.92 bits per heavy atom. The minimum Gasteiger partial charge on any atom is -0.598 e. The third kappa shape index (κ3) is 4.97. The van der Waals surface area contributed by atoms with E-state index in [0.717, 1.165) is 16.4 Å². The van der Waals surface area contributed by atoms with E-state index < -0.39 is 18.5 Å². The second-order valence-electron chi connectivity index (χ2n) is 7.29. The van der Waals surface area contributed by atoms with E-state index in [1.165, 1.54) is 0 Å². The molecule has 0 saturated carbocycles. The fourth-order valence-corrected chi connectivity index (χ4v) is 3.99. The molecule has 0 heterocycles. The first kappa shape index (κ1) is 19.3. The predicted octanol–water partition coefficient (Wildman–Crippen LogP) is 4.08. The lowest BCUT2D eigenvalue weighted by Crippen LogP contribution is -2.41. The summed E-state index contributed by atoms with van der Waals surface area (Å²) in [5.41, 5.74) is 2.06. The number of rotatable bonds is 5. The van der Waals surface area contributed by atoms with Crippen LogP contribution >= 0.6 is 7.14 Å².